The average molecular weight is 373 g/mol. The highest BCUT2D eigenvalue weighted by molar-refractivity contribution is 7.98. The second-order valence-electron chi connectivity index (χ2n) is 6.01. The number of para-hydroxylation sites is 1. The summed E-state index contributed by atoms with van der Waals surface area (Å²) >= 11 is 1.54. The van der Waals surface area contributed by atoms with Crippen molar-refractivity contribution < 1.29 is 9.26 Å². The molecule has 3 rings (SSSR count). The number of hydrogen-bond donors (Lipinski definition) is 0. The predicted octanol–water partition coefficient (Wildman–Crippen LogP) is 3.72. The molecule has 0 fully saturated rings. The van der Waals surface area contributed by atoms with Crippen LogP contribution in [-0.2, 0) is 17.0 Å². The topological polar surface area (TPSA) is 70.2 Å². The Labute approximate surface area is 156 Å². The van der Waals surface area contributed by atoms with Crippen LogP contribution in [0.5, 0.6) is 0 Å². The second kappa shape index (κ2) is 8.51. The number of hydrogen-bond acceptors (Lipinski definition) is 6. The van der Waals surface area contributed by atoms with Crippen molar-refractivity contribution in [2.24, 2.45) is 0 Å². The van der Waals surface area contributed by atoms with Crippen molar-refractivity contribution in [3.63, 3.8) is 0 Å². The number of ether oxygens (including phenoxy) is 1. The van der Waals surface area contributed by atoms with Gasteiger partial charge < -0.3 is 9.26 Å². The maximum atomic E-state index is 12.9. The number of nitrogens with zero attached hydrogens (tertiary/aromatic N) is 3. The zero-order chi connectivity index (χ0) is 18.5. The number of fused-ring (bicyclic) bond motifs is 1. The van der Waals surface area contributed by atoms with E-state index in [0.29, 0.717) is 36.1 Å². The number of aryl methyl sites for hydroxylation is 2. The Morgan fingerprint density at radius 3 is 2.81 bits per heavy atom. The van der Waals surface area contributed by atoms with Gasteiger partial charge in [-0.05, 0) is 39.3 Å². The van der Waals surface area contributed by atoms with Crippen LogP contribution >= 0.6 is 11.8 Å². The maximum absolute atomic E-state index is 12.9. The van der Waals surface area contributed by atoms with Crippen molar-refractivity contribution in [2.75, 3.05) is 13.2 Å². The van der Waals surface area contributed by atoms with Crippen LogP contribution in [0.2, 0.25) is 0 Å². The van der Waals surface area contributed by atoms with E-state index in [1.54, 1.807) is 4.57 Å². The Hall–Kier alpha value is -2.12. The number of thioether (sulfide) groups is 1. The summed E-state index contributed by atoms with van der Waals surface area (Å²) in [5.41, 5.74) is 2.65. The molecule has 6 nitrogen and oxygen atoms in total. The fourth-order valence-corrected chi connectivity index (χ4v) is 3.95. The van der Waals surface area contributed by atoms with Gasteiger partial charge in [-0.15, -0.1) is 0 Å². The molecule has 1 aromatic carbocycles. The Kier molecular flexibility index (Phi) is 6.11. The van der Waals surface area contributed by atoms with Crippen LogP contribution in [0.1, 0.15) is 30.4 Å². The summed E-state index contributed by atoms with van der Waals surface area (Å²) in [6.07, 6.45) is 0.770. The Morgan fingerprint density at radius 1 is 1.27 bits per heavy atom. The van der Waals surface area contributed by atoms with Gasteiger partial charge in [-0.2, -0.15) is 0 Å². The van der Waals surface area contributed by atoms with Crippen molar-refractivity contribution in [3.05, 3.63) is 51.6 Å². The molecular formula is C19H23N3O3S. The second-order valence-corrected chi connectivity index (χ2v) is 6.95. The van der Waals surface area contributed by atoms with Gasteiger partial charge in [-0.1, -0.05) is 29.1 Å². The third kappa shape index (κ3) is 3.99. The molecule has 7 heteroatoms. The lowest BCUT2D eigenvalue weighted by atomic mass is 10.2. The van der Waals surface area contributed by atoms with Gasteiger partial charge in [0.2, 0.25) is 0 Å². The minimum Gasteiger partial charge on any atom is -0.382 e. The lowest BCUT2D eigenvalue weighted by Gasteiger charge is -2.13. The lowest BCUT2D eigenvalue weighted by Crippen LogP contribution is -2.24. The van der Waals surface area contributed by atoms with E-state index in [2.05, 4.69) is 5.16 Å². The molecule has 0 unspecified atom stereocenters. The van der Waals surface area contributed by atoms with Gasteiger partial charge in [-0.3, -0.25) is 9.36 Å². The summed E-state index contributed by atoms with van der Waals surface area (Å²) in [6.45, 7) is 7.69. The zero-order valence-electron chi connectivity index (χ0n) is 15.3. The van der Waals surface area contributed by atoms with E-state index < -0.39 is 0 Å². The van der Waals surface area contributed by atoms with E-state index in [1.165, 1.54) is 11.8 Å². The van der Waals surface area contributed by atoms with E-state index >= 15 is 0 Å². The normalized spacial score (nSPS) is 11.3. The third-order valence-corrected chi connectivity index (χ3v) is 5.23. The smallest absolute Gasteiger partial charge is 0.262 e. The van der Waals surface area contributed by atoms with Crippen LogP contribution < -0.4 is 5.56 Å². The summed E-state index contributed by atoms with van der Waals surface area (Å²) in [7, 11) is 0. The highest BCUT2D eigenvalue weighted by atomic mass is 32.2. The molecule has 0 atom stereocenters. The molecule has 3 aromatic rings. The monoisotopic (exact) mass is 373 g/mol. The van der Waals surface area contributed by atoms with Crippen molar-refractivity contribution in [1.82, 2.24) is 14.7 Å². The SMILES string of the molecule is CCOCCCn1c(SCc2c(C)noc2C)nc2ccccc2c1=O. The maximum Gasteiger partial charge on any atom is 0.262 e. The molecule has 0 N–H and O–H groups in total. The van der Waals surface area contributed by atoms with Gasteiger partial charge in [0.05, 0.1) is 16.6 Å². The first-order valence-corrected chi connectivity index (χ1v) is 9.72. The fraction of sp³-hybridized carbons (Fsp3) is 0.421. The number of aromatic nitrogens is 3. The molecule has 26 heavy (non-hydrogen) atoms. The van der Waals surface area contributed by atoms with Gasteiger partial charge in [0.15, 0.2) is 5.16 Å². The molecule has 0 aliphatic rings. The van der Waals surface area contributed by atoms with Crippen LogP contribution in [0, 0.1) is 13.8 Å². The van der Waals surface area contributed by atoms with Crippen LogP contribution in [0.25, 0.3) is 10.9 Å². The molecule has 0 radical (unpaired) electrons. The van der Waals surface area contributed by atoms with E-state index in [9.17, 15) is 4.79 Å². The minimum absolute atomic E-state index is 0.00615. The summed E-state index contributed by atoms with van der Waals surface area (Å²) in [5, 5.41) is 5.35. The van der Waals surface area contributed by atoms with Crippen molar-refractivity contribution >= 4 is 22.7 Å². The van der Waals surface area contributed by atoms with Gasteiger partial charge in [0.1, 0.15) is 5.76 Å². The Bertz CT molecular complexity index is 929. The number of rotatable bonds is 8. The van der Waals surface area contributed by atoms with Crippen molar-refractivity contribution in [1.29, 1.82) is 0 Å². The molecule has 0 bridgehead atoms. The van der Waals surface area contributed by atoms with E-state index in [0.717, 1.165) is 29.0 Å². The lowest BCUT2D eigenvalue weighted by molar-refractivity contribution is 0.140. The third-order valence-electron chi connectivity index (χ3n) is 4.23. The molecule has 0 amide bonds. The molecule has 2 heterocycles. The van der Waals surface area contributed by atoms with Crippen LogP contribution in [0.3, 0.4) is 0 Å². The van der Waals surface area contributed by atoms with E-state index in [-0.39, 0.29) is 5.56 Å². The fourth-order valence-electron chi connectivity index (χ4n) is 2.77. The predicted molar refractivity (Wildman–Crippen MR) is 103 cm³/mol. The molecule has 0 aliphatic carbocycles. The first-order chi connectivity index (χ1) is 12.6. The quantitative estimate of drug-likeness (QED) is 0.340. The van der Waals surface area contributed by atoms with E-state index in [4.69, 9.17) is 14.2 Å². The minimum atomic E-state index is -0.00615. The van der Waals surface area contributed by atoms with Crippen LogP contribution in [-0.4, -0.2) is 27.9 Å². The average Bonchev–Trinajstić information content (AvgIpc) is 2.96. The first-order valence-electron chi connectivity index (χ1n) is 8.73. The highest BCUT2D eigenvalue weighted by Crippen LogP contribution is 2.25. The van der Waals surface area contributed by atoms with Gasteiger partial charge in [0, 0.05) is 31.1 Å². The molecule has 0 aliphatic heterocycles. The van der Waals surface area contributed by atoms with Crippen molar-refractivity contribution in [2.45, 2.75) is 44.6 Å². The van der Waals surface area contributed by atoms with Gasteiger partial charge >= 0.3 is 0 Å². The van der Waals surface area contributed by atoms with Crippen molar-refractivity contribution in [3.8, 4) is 0 Å². The van der Waals surface area contributed by atoms with Gasteiger partial charge in [-0.25, -0.2) is 4.98 Å². The number of benzene rings is 1. The molecule has 0 saturated carbocycles. The largest absolute Gasteiger partial charge is 0.382 e. The van der Waals surface area contributed by atoms with Gasteiger partial charge in [0.25, 0.3) is 5.56 Å². The first kappa shape index (κ1) is 18.7. The van der Waals surface area contributed by atoms with Crippen LogP contribution in [0.15, 0.2) is 38.7 Å². The van der Waals surface area contributed by atoms with Crippen LogP contribution in [0.4, 0.5) is 0 Å². The van der Waals surface area contributed by atoms with E-state index in [1.807, 2.05) is 45.0 Å². The standard InChI is InChI=1S/C19H23N3O3S/c1-4-24-11-7-10-22-18(23)15-8-5-6-9-17(15)20-19(22)26-12-16-13(2)21-25-14(16)3/h5-6,8-9H,4,7,10-12H2,1-3H3. The highest BCUT2D eigenvalue weighted by Gasteiger charge is 2.14. The molecule has 0 spiro atoms. The summed E-state index contributed by atoms with van der Waals surface area (Å²) in [5.74, 6) is 1.47. The Morgan fingerprint density at radius 2 is 2.08 bits per heavy atom. The molecule has 0 saturated heterocycles. The Balaban J connectivity index is 1.92. The molecular weight excluding hydrogens is 350 g/mol. The molecule has 138 valence electrons. The summed E-state index contributed by atoms with van der Waals surface area (Å²) in [4.78, 5) is 17.7. The summed E-state index contributed by atoms with van der Waals surface area (Å²) < 4.78 is 12.4. The zero-order valence-corrected chi connectivity index (χ0v) is 16.1. The molecule has 2 aromatic heterocycles. The summed E-state index contributed by atoms with van der Waals surface area (Å²) in [6, 6.07) is 7.47.